The zero-order valence-electron chi connectivity index (χ0n) is 11.0. The molecule has 0 aliphatic carbocycles. The molecule has 7 heteroatoms. The van der Waals surface area contributed by atoms with Gasteiger partial charge in [-0.25, -0.2) is 4.57 Å². The molecule has 104 valence electrons. The van der Waals surface area contributed by atoms with Gasteiger partial charge in [0.15, 0.2) is 5.69 Å². The van der Waals surface area contributed by atoms with Crippen molar-refractivity contribution in [1.82, 2.24) is 4.57 Å². The van der Waals surface area contributed by atoms with Gasteiger partial charge in [-0.15, -0.1) is 0 Å². The minimum absolute atomic E-state index is 0.106. The molecule has 1 heterocycles. The number of nitrogens with zero attached hydrogens (tertiary/aromatic N) is 2. The Morgan fingerprint density at radius 1 is 1.35 bits per heavy atom. The molecule has 2 N–H and O–H groups in total. The van der Waals surface area contributed by atoms with Gasteiger partial charge in [-0.1, -0.05) is 0 Å². The van der Waals surface area contributed by atoms with E-state index in [1.165, 1.54) is 35.9 Å². The van der Waals surface area contributed by atoms with E-state index >= 15 is 0 Å². The van der Waals surface area contributed by atoms with E-state index in [-0.39, 0.29) is 17.3 Å². The van der Waals surface area contributed by atoms with E-state index in [9.17, 15) is 20.0 Å². The highest BCUT2D eigenvalue weighted by Crippen LogP contribution is 2.22. The van der Waals surface area contributed by atoms with Crippen LogP contribution in [0.25, 0.3) is 0 Å². The van der Waals surface area contributed by atoms with E-state index < -0.39 is 10.8 Å². The first-order valence-corrected chi connectivity index (χ1v) is 5.81. The maximum atomic E-state index is 12.1. The van der Waals surface area contributed by atoms with E-state index in [0.29, 0.717) is 11.3 Å². The summed E-state index contributed by atoms with van der Waals surface area (Å²) in [5.74, 6) is -0.498. The fraction of sp³-hybridized carbons (Fsp3) is 0.154. The quantitative estimate of drug-likeness (QED) is 0.509. The molecule has 1 aromatic carbocycles. The van der Waals surface area contributed by atoms with E-state index in [1.807, 2.05) is 0 Å². The highest BCUT2D eigenvalue weighted by atomic mass is 16.6. The number of carbonyl (C=O) groups excluding carboxylic acids is 1. The molecule has 0 bridgehead atoms. The number of benzene rings is 1. The van der Waals surface area contributed by atoms with E-state index in [0.717, 1.165) is 0 Å². The van der Waals surface area contributed by atoms with Gasteiger partial charge in [0.2, 0.25) is 0 Å². The number of nitro groups is 1. The zero-order valence-corrected chi connectivity index (χ0v) is 11.0. The smallest absolute Gasteiger partial charge is 0.323 e. The average Bonchev–Trinajstić information content (AvgIpc) is 2.74. The largest absolute Gasteiger partial charge is 0.508 e. The summed E-state index contributed by atoms with van der Waals surface area (Å²) >= 11 is 0. The van der Waals surface area contributed by atoms with Crippen molar-refractivity contribution < 1.29 is 14.8 Å². The molecule has 1 amide bonds. The number of phenols is 1. The number of aromatic nitrogens is 1. The molecule has 0 spiro atoms. The van der Waals surface area contributed by atoms with Crippen molar-refractivity contribution in [1.29, 1.82) is 0 Å². The second-order valence-corrected chi connectivity index (χ2v) is 4.35. The fourth-order valence-electron chi connectivity index (χ4n) is 1.89. The number of hydrogen-bond acceptors (Lipinski definition) is 4. The number of hydrogen-bond donors (Lipinski definition) is 2. The van der Waals surface area contributed by atoms with Crippen LogP contribution >= 0.6 is 0 Å². The van der Waals surface area contributed by atoms with Gasteiger partial charge in [0.05, 0.1) is 7.05 Å². The first-order valence-electron chi connectivity index (χ1n) is 5.81. The third kappa shape index (κ3) is 2.46. The predicted molar refractivity (Wildman–Crippen MR) is 72.9 cm³/mol. The predicted octanol–water partition coefficient (Wildman–Crippen LogP) is 2.20. The number of rotatable bonds is 3. The summed E-state index contributed by atoms with van der Waals surface area (Å²) in [5.41, 5.74) is 1.42. The van der Waals surface area contributed by atoms with Crippen LogP contribution in [0.1, 0.15) is 16.1 Å². The second-order valence-electron chi connectivity index (χ2n) is 4.35. The summed E-state index contributed by atoms with van der Waals surface area (Å²) < 4.78 is 1.21. The SMILES string of the molecule is Cc1cc(O)ccc1NC(=O)c1ccc([N+](=O)[O-])n1C. The third-order valence-electron chi connectivity index (χ3n) is 2.97. The Morgan fingerprint density at radius 3 is 2.60 bits per heavy atom. The Kier molecular flexibility index (Phi) is 3.43. The van der Waals surface area contributed by atoms with Crippen LogP contribution in [0, 0.1) is 17.0 Å². The van der Waals surface area contributed by atoms with Crippen LogP contribution in [0.2, 0.25) is 0 Å². The molecule has 0 radical (unpaired) electrons. The lowest BCUT2D eigenvalue weighted by Crippen LogP contribution is -2.16. The number of aromatic hydroxyl groups is 1. The van der Waals surface area contributed by atoms with Crippen molar-refractivity contribution in [2.75, 3.05) is 5.32 Å². The highest BCUT2D eigenvalue weighted by molar-refractivity contribution is 6.04. The van der Waals surface area contributed by atoms with E-state index in [4.69, 9.17) is 0 Å². The van der Waals surface area contributed by atoms with Gasteiger partial charge < -0.3 is 20.5 Å². The van der Waals surface area contributed by atoms with Gasteiger partial charge in [-0.2, -0.15) is 0 Å². The lowest BCUT2D eigenvalue weighted by Gasteiger charge is -2.07. The molecule has 0 aliphatic heterocycles. The molecular formula is C13H13N3O4. The molecule has 0 atom stereocenters. The summed E-state index contributed by atoms with van der Waals surface area (Å²) in [6, 6.07) is 7.21. The minimum Gasteiger partial charge on any atom is -0.508 e. The van der Waals surface area contributed by atoms with Crippen LogP contribution in [0.4, 0.5) is 11.5 Å². The lowest BCUT2D eigenvalue weighted by molar-refractivity contribution is -0.391. The summed E-state index contributed by atoms with van der Waals surface area (Å²) in [6.45, 7) is 1.74. The standard InChI is InChI=1S/C13H13N3O4/c1-8-7-9(17)3-4-10(8)14-13(18)11-5-6-12(15(11)2)16(19)20/h3-7,17H,1-2H3,(H,14,18). The van der Waals surface area contributed by atoms with Crippen LogP contribution in [0.5, 0.6) is 5.75 Å². The normalized spacial score (nSPS) is 10.3. The molecule has 7 nitrogen and oxygen atoms in total. The minimum atomic E-state index is -0.553. The number of amides is 1. The molecular weight excluding hydrogens is 262 g/mol. The van der Waals surface area contributed by atoms with Crippen molar-refractivity contribution in [2.45, 2.75) is 6.92 Å². The van der Waals surface area contributed by atoms with E-state index in [2.05, 4.69) is 5.32 Å². The Bertz CT molecular complexity index is 691. The number of nitrogens with one attached hydrogen (secondary N) is 1. The molecule has 2 rings (SSSR count). The average molecular weight is 275 g/mol. The monoisotopic (exact) mass is 275 g/mol. The van der Waals surface area contributed by atoms with Gasteiger partial charge in [-0.05, 0) is 41.7 Å². The van der Waals surface area contributed by atoms with Crippen molar-refractivity contribution in [3.63, 3.8) is 0 Å². The van der Waals surface area contributed by atoms with Gasteiger partial charge in [0, 0.05) is 11.8 Å². The maximum Gasteiger partial charge on any atom is 0.323 e. The molecule has 20 heavy (non-hydrogen) atoms. The van der Waals surface area contributed by atoms with Gasteiger partial charge >= 0.3 is 5.82 Å². The first kappa shape index (κ1) is 13.6. The van der Waals surface area contributed by atoms with Crippen LogP contribution in [0.3, 0.4) is 0 Å². The Balaban J connectivity index is 2.26. The van der Waals surface area contributed by atoms with E-state index in [1.54, 1.807) is 13.0 Å². The van der Waals surface area contributed by atoms with Crippen LogP contribution in [0.15, 0.2) is 30.3 Å². The van der Waals surface area contributed by atoms with Crippen molar-refractivity contribution in [3.8, 4) is 5.75 Å². The molecule has 0 saturated carbocycles. The highest BCUT2D eigenvalue weighted by Gasteiger charge is 2.20. The van der Waals surface area contributed by atoms with Gasteiger partial charge in [0.25, 0.3) is 5.91 Å². The number of phenolic OH excluding ortho intramolecular Hbond substituents is 1. The first-order chi connectivity index (χ1) is 9.40. The Labute approximate surface area is 114 Å². The number of carbonyl (C=O) groups is 1. The second kappa shape index (κ2) is 5.04. The molecule has 0 fully saturated rings. The molecule has 1 aromatic heterocycles. The summed E-state index contributed by atoms with van der Waals surface area (Å²) in [6.07, 6.45) is 0. The fourth-order valence-corrected chi connectivity index (χ4v) is 1.89. The summed E-state index contributed by atoms with van der Waals surface area (Å²) in [5, 5.41) is 22.7. The van der Waals surface area contributed by atoms with Crippen molar-refractivity contribution in [2.24, 2.45) is 7.05 Å². The van der Waals surface area contributed by atoms with Crippen molar-refractivity contribution >= 4 is 17.4 Å². The Morgan fingerprint density at radius 2 is 2.05 bits per heavy atom. The van der Waals surface area contributed by atoms with Crippen molar-refractivity contribution in [3.05, 3.63) is 51.7 Å². The van der Waals surface area contributed by atoms with Gasteiger partial charge in [-0.3, -0.25) is 4.79 Å². The number of aryl methyl sites for hydroxylation is 1. The molecule has 0 unspecified atom stereocenters. The maximum absolute atomic E-state index is 12.1. The van der Waals surface area contributed by atoms with Crippen LogP contribution in [-0.2, 0) is 7.05 Å². The molecule has 2 aromatic rings. The summed E-state index contributed by atoms with van der Waals surface area (Å²) in [7, 11) is 1.46. The third-order valence-corrected chi connectivity index (χ3v) is 2.97. The lowest BCUT2D eigenvalue weighted by atomic mass is 10.2. The van der Waals surface area contributed by atoms with Gasteiger partial charge in [0.1, 0.15) is 5.75 Å². The topological polar surface area (TPSA) is 97.4 Å². The summed E-state index contributed by atoms with van der Waals surface area (Å²) in [4.78, 5) is 22.3. The number of anilines is 1. The van der Waals surface area contributed by atoms with Crippen LogP contribution in [-0.4, -0.2) is 20.5 Å². The Hall–Kier alpha value is -2.83. The van der Waals surface area contributed by atoms with Crippen LogP contribution < -0.4 is 5.32 Å². The molecule has 0 saturated heterocycles. The molecule has 0 aliphatic rings. The zero-order chi connectivity index (χ0) is 14.9.